The van der Waals surface area contributed by atoms with Crippen LogP contribution in [0.4, 0.5) is 5.69 Å². The maximum Gasteiger partial charge on any atom is 0.272 e. The van der Waals surface area contributed by atoms with Crippen LogP contribution >= 0.6 is 23.2 Å². The Morgan fingerprint density at radius 3 is 2.42 bits per heavy atom. The number of benzodiazepines with no additional fused rings is 1. The minimum Gasteiger partial charge on any atom is -0.354 e. The van der Waals surface area contributed by atoms with E-state index in [4.69, 9.17) is 23.2 Å². The summed E-state index contributed by atoms with van der Waals surface area (Å²) in [5.41, 5.74) is 3.50. The molecule has 1 atom stereocenters. The number of halogens is 2. The van der Waals surface area contributed by atoms with Crippen molar-refractivity contribution >= 4 is 52.3 Å². The van der Waals surface area contributed by atoms with Crippen molar-refractivity contribution in [2.75, 3.05) is 18.0 Å². The lowest BCUT2D eigenvalue weighted by molar-refractivity contribution is -0.127. The van der Waals surface area contributed by atoms with Crippen LogP contribution in [0.15, 0.2) is 77.8 Å². The Morgan fingerprint density at radius 2 is 1.69 bits per heavy atom. The zero-order valence-corrected chi connectivity index (χ0v) is 21.0. The quantitative estimate of drug-likeness (QED) is 0.491. The van der Waals surface area contributed by atoms with E-state index in [1.807, 2.05) is 48.5 Å². The van der Waals surface area contributed by atoms with Crippen LogP contribution < -0.4 is 15.5 Å². The smallest absolute Gasteiger partial charge is 0.272 e. The van der Waals surface area contributed by atoms with Crippen molar-refractivity contribution < 1.29 is 14.4 Å². The van der Waals surface area contributed by atoms with Gasteiger partial charge >= 0.3 is 0 Å². The lowest BCUT2D eigenvalue weighted by Crippen LogP contribution is -2.50. The van der Waals surface area contributed by atoms with Crippen molar-refractivity contribution in [3.05, 3.63) is 99.5 Å². The molecule has 2 N–H and O–H groups in total. The SMILES string of the molecule is CC(=O)NC1N=C(c2ccccc2)c2ccccc2N(CC(=O)NCCc2ccc(Cl)c(Cl)c2)C1=O. The number of nitrogens with one attached hydrogen (secondary N) is 2. The number of carbonyl (C=O) groups is 3. The maximum atomic E-state index is 13.5. The van der Waals surface area contributed by atoms with Crippen molar-refractivity contribution in [3.63, 3.8) is 0 Å². The van der Waals surface area contributed by atoms with E-state index in [1.165, 1.54) is 11.8 Å². The summed E-state index contributed by atoms with van der Waals surface area (Å²) in [4.78, 5) is 44.3. The first-order chi connectivity index (χ1) is 17.3. The van der Waals surface area contributed by atoms with E-state index in [1.54, 1.807) is 24.3 Å². The second-order valence-corrected chi connectivity index (χ2v) is 9.05. The van der Waals surface area contributed by atoms with Crippen molar-refractivity contribution in [3.8, 4) is 0 Å². The molecule has 9 heteroatoms. The molecule has 1 aliphatic heterocycles. The van der Waals surface area contributed by atoms with E-state index in [2.05, 4.69) is 15.6 Å². The van der Waals surface area contributed by atoms with Gasteiger partial charge in [-0.25, -0.2) is 4.99 Å². The molecule has 0 spiro atoms. The van der Waals surface area contributed by atoms with Gasteiger partial charge in [0.05, 0.1) is 21.4 Å². The van der Waals surface area contributed by atoms with E-state index in [0.29, 0.717) is 40.0 Å². The van der Waals surface area contributed by atoms with Crippen molar-refractivity contribution in [2.45, 2.75) is 19.5 Å². The number of amides is 3. The number of hydrogen-bond donors (Lipinski definition) is 2. The van der Waals surface area contributed by atoms with E-state index in [0.717, 1.165) is 11.1 Å². The first kappa shape index (κ1) is 25.4. The third-order valence-electron chi connectivity index (χ3n) is 5.62. The molecular formula is C27H24Cl2N4O3. The number of para-hydroxylation sites is 1. The van der Waals surface area contributed by atoms with Gasteiger partial charge in [-0.05, 0) is 30.2 Å². The number of fused-ring (bicyclic) bond motifs is 1. The summed E-state index contributed by atoms with van der Waals surface area (Å²) in [6, 6.07) is 22.0. The minimum atomic E-state index is -1.17. The zero-order valence-electron chi connectivity index (χ0n) is 19.5. The summed E-state index contributed by atoms with van der Waals surface area (Å²) in [7, 11) is 0. The monoisotopic (exact) mass is 522 g/mol. The minimum absolute atomic E-state index is 0.231. The van der Waals surface area contributed by atoms with Gasteiger partial charge in [0.25, 0.3) is 5.91 Å². The Hall–Kier alpha value is -3.68. The van der Waals surface area contributed by atoms with Crippen LogP contribution in [0.5, 0.6) is 0 Å². The molecule has 0 aliphatic carbocycles. The van der Waals surface area contributed by atoms with E-state index < -0.39 is 18.0 Å². The first-order valence-corrected chi connectivity index (χ1v) is 12.1. The molecule has 0 fully saturated rings. The van der Waals surface area contributed by atoms with Gasteiger partial charge in [0, 0.05) is 24.6 Å². The highest BCUT2D eigenvalue weighted by molar-refractivity contribution is 6.42. The number of benzene rings is 3. The fourth-order valence-corrected chi connectivity index (χ4v) is 4.27. The fraction of sp³-hybridized carbons (Fsp3) is 0.185. The Balaban J connectivity index is 1.58. The lowest BCUT2D eigenvalue weighted by atomic mass is 10.0. The third-order valence-corrected chi connectivity index (χ3v) is 6.36. The van der Waals surface area contributed by atoms with E-state index >= 15 is 0 Å². The van der Waals surface area contributed by atoms with Crippen LogP contribution in [-0.4, -0.2) is 42.7 Å². The summed E-state index contributed by atoms with van der Waals surface area (Å²) in [6.45, 7) is 1.44. The molecular weight excluding hydrogens is 499 g/mol. The number of anilines is 1. The Bertz CT molecular complexity index is 1330. The fourth-order valence-electron chi connectivity index (χ4n) is 3.95. The molecule has 1 heterocycles. The molecule has 36 heavy (non-hydrogen) atoms. The van der Waals surface area contributed by atoms with Crippen molar-refractivity contribution in [1.29, 1.82) is 0 Å². The second kappa shape index (κ2) is 11.4. The third kappa shape index (κ3) is 5.93. The maximum absolute atomic E-state index is 13.5. The topological polar surface area (TPSA) is 90.9 Å². The summed E-state index contributed by atoms with van der Waals surface area (Å²) >= 11 is 12.0. The van der Waals surface area contributed by atoms with Gasteiger partial charge in [0.15, 0.2) is 0 Å². The van der Waals surface area contributed by atoms with Crippen LogP contribution in [-0.2, 0) is 20.8 Å². The zero-order chi connectivity index (χ0) is 25.7. The highest BCUT2D eigenvalue weighted by atomic mass is 35.5. The summed E-state index contributed by atoms with van der Waals surface area (Å²) in [5.74, 6) is -1.24. The predicted molar refractivity (Wildman–Crippen MR) is 142 cm³/mol. The van der Waals surface area contributed by atoms with E-state index in [9.17, 15) is 14.4 Å². The van der Waals surface area contributed by atoms with Crippen molar-refractivity contribution in [1.82, 2.24) is 10.6 Å². The van der Waals surface area contributed by atoms with Gasteiger partial charge in [-0.15, -0.1) is 0 Å². The second-order valence-electron chi connectivity index (χ2n) is 8.24. The molecule has 4 rings (SSSR count). The summed E-state index contributed by atoms with van der Waals surface area (Å²) in [5, 5.41) is 6.38. The molecule has 0 radical (unpaired) electrons. The molecule has 3 amide bonds. The molecule has 0 saturated heterocycles. The Labute approximate surface area is 219 Å². The number of aliphatic imine (C=N–C) groups is 1. The predicted octanol–water partition coefficient (Wildman–Crippen LogP) is 4.00. The molecule has 1 unspecified atom stereocenters. The highest BCUT2D eigenvalue weighted by Gasteiger charge is 2.33. The molecule has 3 aromatic carbocycles. The standard InChI is InChI=1S/C27H24Cl2N4O3/c1-17(34)31-26-27(36)33(16-24(35)30-14-13-18-11-12-21(28)22(29)15-18)23-10-6-5-9-20(23)25(32-26)19-7-3-2-4-8-19/h2-12,15,26H,13-14,16H2,1H3,(H,30,35)(H,31,34). The van der Waals surface area contributed by atoms with Gasteiger partial charge in [0.2, 0.25) is 18.0 Å². The largest absolute Gasteiger partial charge is 0.354 e. The number of rotatable bonds is 7. The average molecular weight is 523 g/mol. The molecule has 184 valence electrons. The molecule has 7 nitrogen and oxygen atoms in total. The van der Waals surface area contributed by atoms with E-state index in [-0.39, 0.29) is 12.5 Å². The molecule has 3 aromatic rings. The molecule has 0 bridgehead atoms. The summed E-state index contributed by atoms with van der Waals surface area (Å²) < 4.78 is 0. The normalized spacial score (nSPS) is 15.0. The average Bonchev–Trinajstić information content (AvgIpc) is 2.97. The van der Waals surface area contributed by atoms with Crippen LogP contribution in [0, 0.1) is 0 Å². The van der Waals surface area contributed by atoms with Crippen LogP contribution in [0.3, 0.4) is 0 Å². The van der Waals surface area contributed by atoms with Crippen LogP contribution in [0.2, 0.25) is 10.0 Å². The van der Waals surface area contributed by atoms with Gasteiger partial charge in [-0.3, -0.25) is 19.3 Å². The summed E-state index contributed by atoms with van der Waals surface area (Å²) in [6.07, 6.45) is -0.628. The van der Waals surface area contributed by atoms with Gasteiger partial charge in [-0.2, -0.15) is 0 Å². The molecule has 1 aliphatic rings. The Morgan fingerprint density at radius 1 is 0.972 bits per heavy atom. The molecule has 0 aromatic heterocycles. The van der Waals surface area contributed by atoms with Crippen LogP contribution in [0.1, 0.15) is 23.6 Å². The number of nitrogens with zero attached hydrogens (tertiary/aromatic N) is 2. The number of hydrogen-bond acceptors (Lipinski definition) is 4. The Kier molecular flexibility index (Phi) is 8.03. The van der Waals surface area contributed by atoms with Crippen LogP contribution in [0.25, 0.3) is 0 Å². The number of carbonyl (C=O) groups excluding carboxylic acids is 3. The first-order valence-electron chi connectivity index (χ1n) is 11.3. The lowest BCUT2D eigenvalue weighted by Gasteiger charge is -2.24. The van der Waals surface area contributed by atoms with Gasteiger partial charge in [0.1, 0.15) is 6.54 Å². The molecule has 0 saturated carbocycles. The highest BCUT2D eigenvalue weighted by Crippen LogP contribution is 2.28. The van der Waals surface area contributed by atoms with Gasteiger partial charge < -0.3 is 10.6 Å². The van der Waals surface area contributed by atoms with Gasteiger partial charge in [-0.1, -0.05) is 77.8 Å². The van der Waals surface area contributed by atoms with Crippen molar-refractivity contribution in [2.24, 2.45) is 4.99 Å².